The molecule has 7 heteroatoms. The maximum Gasteiger partial charge on any atom is 0.102 e. The van der Waals surface area contributed by atoms with Crippen LogP contribution in [0.4, 0.5) is 0 Å². The molecular formula is C29H37Cl2NOP2Ru+2. The van der Waals surface area contributed by atoms with Gasteiger partial charge in [0.2, 0.25) is 0 Å². The summed E-state index contributed by atoms with van der Waals surface area (Å²) in [7, 11) is 8.66. The molecule has 2 aliphatic rings. The number of ether oxygens (including phenoxy) is 1. The van der Waals surface area contributed by atoms with E-state index in [4.69, 9.17) is 24.1 Å². The molecule has 2 unspecified atom stereocenters. The Kier molecular flexibility index (Phi) is 13.4. The molecule has 0 amide bonds. The van der Waals surface area contributed by atoms with Gasteiger partial charge in [0.25, 0.3) is 0 Å². The Morgan fingerprint density at radius 2 is 1.22 bits per heavy atom. The molecule has 2 nitrogen and oxygen atoms in total. The topological polar surface area (TPSA) is 21.6 Å². The van der Waals surface area contributed by atoms with Crippen LogP contribution in [0, 0.1) is 5.92 Å². The largest absolute Gasteiger partial charge is 0.102 e. The normalized spacial score (nSPS) is 20.8. The summed E-state index contributed by atoms with van der Waals surface area (Å²) in [5.74, 6) is 1.76. The van der Waals surface area contributed by atoms with E-state index in [1.807, 2.05) is 0 Å². The molecule has 1 aliphatic carbocycles. The summed E-state index contributed by atoms with van der Waals surface area (Å²) in [5, 5.41) is 4.31. The third kappa shape index (κ3) is 8.89. The van der Waals surface area contributed by atoms with Crippen molar-refractivity contribution in [3.63, 3.8) is 0 Å². The number of aliphatic imine (C=N–C) groups is 1. The molecule has 3 aromatic carbocycles. The number of nitrogens with zero attached hydrogens (tertiary/aromatic N) is 1. The molecule has 0 aromatic heterocycles. The molecule has 0 bridgehead atoms. The van der Waals surface area contributed by atoms with Crippen LogP contribution < -0.4 is 15.9 Å². The summed E-state index contributed by atoms with van der Waals surface area (Å²) in [6.07, 6.45) is 4.09. The maximum absolute atomic E-state index is 5.70. The number of hydrogen-bond donors (Lipinski definition) is 0. The molecule has 0 saturated heterocycles. The molecule has 1 fully saturated rings. The fourth-order valence-electron chi connectivity index (χ4n) is 4.96. The van der Waals surface area contributed by atoms with Gasteiger partial charge in [-0.2, -0.15) is 0 Å². The number of rotatable bonds is 5. The van der Waals surface area contributed by atoms with E-state index in [9.17, 15) is 0 Å². The van der Waals surface area contributed by atoms with Gasteiger partial charge in [0.15, 0.2) is 5.90 Å². The SMILES string of the molecule is C[C@H]1COC(C2CCCC2[PH+](C)C)=N1.[Cl][Ru][Cl].c1ccc([PH+](c2ccccc2)c2ccccc2)cc1. The first-order valence-corrected chi connectivity index (χ1v) is 21.0. The zero-order valence-corrected chi connectivity index (χ0v) is 26.4. The molecule has 1 saturated carbocycles. The first kappa shape index (κ1) is 29.7. The van der Waals surface area contributed by atoms with Crippen LogP contribution >= 0.6 is 35.2 Å². The first-order chi connectivity index (χ1) is 17.5. The van der Waals surface area contributed by atoms with Crippen molar-refractivity contribution < 1.29 is 19.9 Å². The molecular weight excluding hydrogens is 612 g/mol. The van der Waals surface area contributed by atoms with Crippen molar-refractivity contribution in [1.82, 2.24) is 0 Å². The molecule has 1 aliphatic heterocycles. The molecule has 0 radical (unpaired) electrons. The second-order valence-corrected chi connectivity index (χ2v) is 17.4. The van der Waals surface area contributed by atoms with Gasteiger partial charge in [-0.3, -0.25) is 0 Å². The van der Waals surface area contributed by atoms with E-state index in [2.05, 4.69) is 116 Å². The zero-order valence-electron chi connectivity index (χ0n) is 21.2. The van der Waals surface area contributed by atoms with Crippen molar-refractivity contribution >= 4 is 57.0 Å². The van der Waals surface area contributed by atoms with E-state index in [0.29, 0.717) is 12.0 Å². The minimum atomic E-state index is -0.877. The fourth-order valence-corrected chi connectivity index (χ4v) is 9.43. The van der Waals surface area contributed by atoms with Crippen LogP contribution in [0.25, 0.3) is 0 Å². The quantitative estimate of drug-likeness (QED) is 0.216. The van der Waals surface area contributed by atoms with Crippen molar-refractivity contribution in [2.45, 2.75) is 37.9 Å². The predicted molar refractivity (Wildman–Crippen MR) is 162 cm³/mol. The molecule has 1 heterocycles. The third-order valence-corrected chi connectivity index (χ3v) is 11.5. The summed E-state index contributed by atoms with van der Waals surface area (Å²) in [6.45, 7) is 7.80. The van der Waals surface area contributed by atoms with Gasteiger partial charge in [-0.25, -0.2) is 4.99 Å². The van der Waals surface area contributed by atoms with Crippen LogP contribution in [0.3, 0.4) is 0 Å². The average molecular weight is 650 g/mol. The van der Waals surface area contributed by atoms with Crippen LogP contribution in [-0.2, 0) is 19.9 Å². The maximum atomic E-state index is 5.70. The molecule has 194 valence electrons. The van der Waals surface area contributed by atoms with Gasteiger partial charge in [-0.15, -0.1) is 0 Å². The third-order valence-electron chi connectivity index (χ3n) is 6.58. The Morgan fingerprint density at radius 1 is 0.778 bits per heavy atom. The van der Waals surface area contributed by atoms with Gasteiger partial charge < -0.3 is 4.74 Å². The van der Waals surface area contributed by atoms with Gasteiger partial charge in [0.1, 0.15) is 22.5 Å². The van der Waals surface area contributed by atoms with Gasteiger partial charge in [0, 0.05) is 13.3 Å². The van der Waals surface area contributed by atoms with Gasteiger partial charge in [-0.05, 0) is 70.5 Å². The standard InChI is InChI=1S/C18H15P.C11H20NOP.2ClH.Ru/c1-4-10-16(11-5-1)19(17-12-6-2-7-13-17)18-14-8-3-9-15-18;1-8-7-13-11(12-8)9-5-4-6-10(9)14(2)3;;;/h1-15H;8-10H,4-7H2,1-3H3;2*1H;/q;;;;+2/t;8-,9?,10?;;;/m.0.../s1. The molecule has 3 atom stereocenters. The number of halogens is 2. The van der Waals surface area contributed by atoms with Gasteiger partial charge >= 0.3 is 34.5 Å². The summed E-state index contributed by atoms with van der Waals surface area (Å²) in [6, 6.07) is 32.9. The summed E-state index contributed by atoms with van der Waals surface area (Å²) >= 11 is -0.346. The number of benzene rings is 3. The Balaban J connectivity index is 0.000000188. The molecule has 0 N–H and O–H groups in total. The fraction of sp³-hybridized carbons (Fsp3) is 0.345. The van der Waals surface area contributed by atoms with E-state index in [1.54, 1.807) is 0 Å². The predicted octanol–water partition coefficient (Wildman–Crippen LogP) is 7.00. The van der Waals surface area contributed by atoms with Gasteiger partial charge in [0.05, 0.1) is 25.5 Å². The second kappa shape index (κ2) is 16.2. The molecule has 3 aromatic rings. The zero-order chi connectivity index (χ0) is 25.8. The van der Waals surface area contributed by atoms with Crippen LogP contribution in [0.15, 0.2) is 96.0 Å². The monoisotopic (exact) mass is 649 g/mol. The van der Waals surface area contributed by atoms with E-state index in [1.165, 1.54) is 35.2 Å². The van der Waals surface area contributed by atoms with Crippen LogP contribution in [0.1, 0.15) is 26.2 Å². The van der Waals surface area contributed by atoms with Crippen molar-refractivity contribution in [2.75, 3.05) is 19.9 Å². The van der Waals surface area contributed by atoms with Gasteiger partial charge in [-0.1, -0.05) is 54.6 Å². The minimum absolute atomic E-state index is 0.175. The van der Waals surface area contributed by atoms with Crippen molar-refractivity contribution in [3.05, 3.63) is 91.0 Å². The van der Waals surface area contributed by atoms with E-state index in [-0.39, 0.29) is 23.1 Å². The summed E-state index contributed by atoms with van der Waals surface area (Å²) in [5.41, 5.74) is 0.907. The average Bonchev–Trinajstić information content (AvgIpc) is 3.56. The smallest absolute Gasteiger partial charge is 0.0620 e. The minimum Gasteiger partial charge on any atom is -0.0620 e. The van der Waals surface area contributed by atoms with E-state index in [0.717, 1.165) is 18.2 Å². The van der Waals surface area contributed by atoms with Crippen LogP contribution in [0.2, 0.25) is 0 Å². The van der Waals surface area contributed by atoms with Crippen molar-refractivity contribution in [2.24, 2.45) is 10.9 Å². The van der Waals surface area contributed by atoms with E-state index >= 15 is 0 Å². The van der Waals surface area contributed by atoms with Crippen molar-refractivity contribution in [3.8, 4) is 0 Å². The molecule has 0 spiro atoms. The van der Waals surface area contributed by atoms with Crippen LogP contribution in [0.5, 0.6) is 0 Å². The Labute approximate surface area is 235 Å². The van der Waals surface area contributed by atoms with Crippen LogP contribution in [-0.4, -0.2) is 37.5 Å². The summed E-state index contributed by atoms with van der Waals surface area (Å²) in [4.78, 5) is 4.61. The van der Waals surface area contributed by atoms with E-state index < -0.39 is 7.92 Å². The second-order valence-electron chi connectivity index (χ2n) is 9.37. The first-order valence-electron chi connectivity index (χ1n) is 12.4. The molecule has 36 heavy (non-hydrogen) atoms. The summed E-state index contributed by atoms with van der Waals surface area (Å²) < 4.78 is 5.70. The molecule has 5 rings (SSSR count). The Hall–Kier alpha value is -0.807. The van der Waals surface area contributed by atoms with Crippen molar-refractivity contribution in [1.29, 1.82) is 0 Å². The number of hydrogen-bond acceptors (Lipinski definition) is 2. The Morgan fingerprint density at radius 3 is 1.58 bits per heavy atom. The Bertz CT molecular complexity index is 947.